The van der Waals surface area contributed by atoms with Gasteiger partial charge in [-0.25, -0.2) is 0 Å². The second kappa shape index (κ2) is 3.81. The first kappa shape index (κ1) is 8.84. The maximum atomic E-state index is 7.17. The first-order valence-electron chi connectivity index (χ1n) is 0.775. The second-order valence-electron chi connectivity index (χ2n) is 0.346. The Balaban J connectivity index is 0. The quantitative estimate of drug-likeness (QED) is 0.310. The van der Waals surface area contributed by atoms with Crippen LogP contribution in [0.5, 0.6) is 0 Å². The molecule has 0 spiro atoms. The zero-order chi connectivity index (χ0) is 3.58. The first-order valence-corrected chi connectivity index (χ1v) is 0.775. The molecular formula is CH5FO3. The van der Waals surface area contributed by atoms with Gasteiger partial charge in [-0.2, -0.15) is 0 Å². The molecule has 0 aromatic rings. The van der Waals surface area contributed by atoms with E-state index in [1.165, 1.54) is 0 Å². The Labute approximate surface area is 27.9 Å². The van der Waals surface area contributed by atoms with Crippen molar-refractivity contribution in [1.82, 2.24) is 0 Å². The lowest BCUT2D eigenvalue weighted by Gasteiger charge is -1.80. The highest BCUT2D eigenvalue weighted by atomic mass is 19.0. The standard InChI is InChI=1S/CH4O3.FH/c2-1(3)4;/h1-4H;1H. The summed E-state index contributed by atoms with van der Waals surface area (Å²) in [5, 5.41) is 21.5. The van der Waals surface area contributed by atoms with Crippen molar-refractivity contribution in [3.05, 3.63) is 0 Å². The molecule has 0 aromatic heterocycles. The second-order valence-corrected chi connectivity index (χ2v) is 0.346. The molecular weight excluding hydrogens is 79.0 g/mol. The zero-order valence-electron chi connectivity index (χ0n) is 2.33. The summed E-state index contributed by atoms with van der Waals surface area (Å²) < 4.78 is 0. The minimum absolute atomic E-state index is 0. The van der Waals surface area contributed by atoms with Crippen LogP contribution in [0.25, 0.3) is 0 Å². The van der Waals surface area contributed by atoms with Crippen LogP contribution in [0.15, 0.2) is 0 Å². The van der Waals surface area contributed by atoms with Crippen molar-refractivity contribution in [2.45, 2.75) is 6.48 Å². The summed E-state index contributed by atoms with van der Waals surface area (Å²) in [7, 11) is 0. The van der Waals surface area contributed by atoms with Crippen molar-refractivity contribution < 1.29 is 20.0 Å². The Bertz CT molecular complexity index is 11.6. The minimum atomic E-state index is -2.17. The number of hydrogen-bond acceptors (Lipinski definition) is 3. The van der Waals surface area contributed by atoms with Gasteiger partial charge >= 0.3 is 0 Å². The Morgan fingerprint density at radius 1 is 1.00 bits per heavy atom. The largest absolute Gasteiger partial charge is 0.346 e. The fourth-order valence-corrected chi connectivity index (χ4v) is 0. The molecule has 0 radical (unpaired) electrons. The van der Waals surface area contributed by atoms with Crippen LogP contribution in [0.1, 0.15) is 0 Å². The van der Waals surface area contributed by atoms with Crippen molar-refractivity contribution >= 4 is 0 Å². The summed E-state index contributed by atoms with van der Waals surface area (Å²) in [6.07, 6.45) is 0. The maximum absolute atomic E-state index is 7.17. The SMILES string of the molecule is F.OC(O)O. The van der Waals surface area contributed by atoms with Crippen LogP contribution in [-0.2, 0) is 0 Å². The molecule has 0 aliphatic rings. The smallest absolute Gasteiger partial charge is 0.263 e. The molecule has 3 nitrogen and oxygen atoms in total. The van der Waals surface area contributed by atoms with E-state index in [4.69, 9.17) is 15.3 Å². The molecule has 0 aliphatic heterocycles. The minimum Gasteiger partial charge on any atom is -0.346 e. The van der Waals surface area contributed by atoms with E-state index in [0.717, 1.165) is 0 Å². The Morgan fingerprint density at radius 2 is 1.00 bits per heavy atom. The van der Waals surface area contributed by atoms with Crippen molar-refractivity contribution in [3.63, 3.8) is 0 Å². The van der Waals surface area contributed by atoms with Gasteiger partial charge in [-0.05, 0) is 0 Å². The number of rotatable bonds is 0. The lowest BCUT2D eigenvalue weighted by molar-refractivity contribution is -0.198. The van der Waals surface area contributed by atoms with Gasteiger partial charge in [0.15, 0.2) is 0 Å². The van der Waals surface area contributed by atoms with E-state index in [-0.39, 0.29) is 4.70 Å². The van der Waals surface area contributed by atoms with E-state index in [1.807, 2.05) is 0 Å². The molecule has 0 bridgehead atoms. The summed E-state index contributed by atoms with van der Waals surface area (Å²) in [5.41, 5.74) is 0. The molecule has 4 heteroatoms. The third kappa shape index (κ3) is 346. The van der Waals surface area contributed by atoms with Gasteiger partial charge in [0, 0.05) is 0 Å². The highest BCUT2D eigenvalue weighted by Crippen LogP contribution is 1.49. The third-order valence-corrected chi connectivity index (χ3v) is 0. The van der Waals surface area contributed by atoms with Crippen LogP contribution in [0.4, 0.5) is 4.70 Å². The summed E-state index contributed by atoms with van der Waals surface area (Å²) in [5.74, 6) is 0. The van der Waals surface area contributed by atoms with Gasteiger partial charge in [-0.1, -0.05) is 0 Å². The molecule has 0 unspecified atom stereocenters. The van der Waals surface area contributed by atoms with Crippen LogP contribution in [0.3, 0.4) is 0 Å². The molecule has 3 N–H and O–H groups in total. The van der Waals surface area contributed by atoms with Crippen LogP contribution in [-0.4, -0.2) is 21.8 Å². The normalized spacial score (nSPS) is 7.20. The molecule has 34 valence electrons. The number of halogens is 1. The Morgan fingerprint density at radius 3 is 1.00 bits per heavy atom. The van der Waals surface area contributed by atoms with Gasteiger partial charge in [-0.3, -0.25) is 4.70 Å². The number of hydrogen-bond donors (Lipinski definition) is 3. The predicted octanol–water partition coefficient (Wildman–Crippen LogP) is -1.60. The van der Waals surface area contributed by atoms with E-state index in [1.54, 1.807) is 0 Å². The highest BCUT2D eigenvalue weighted by molar-refractivity contribution is 3.76. The summed E-state index contributed by atoms with van der Waals surface area (Å²) in [6, 6.07) is 0. The van der Waals surface area contributed by atoms with Crippen molar-refractivity contribution in [1.29, 1.82) is 0 Å². The summed E-state index contributed by atoms with van der Waals surface area (Å²) >= 11 is 0. The van der Waals surface area contributed by atoms with E-state index in [2.05, 4.69) is 0 Å². The fourth-order valence-electron chi connectivity index (χ4n) is 0. The molecule has 0 aromatic carbocycles. The molecule has 0 rings (SSSR count). The number of aliphatic hydroxyl groups excluding tert-OH is 1. The molecule has 0 aliphatic carbocycles. The van der Waals surface area contributed by atoms with Gasteiger partial charge in [0.05, 0.1) is 0 Å². The van der Waals surface area contributed by atoms with E-state index in [9.17, 15) is 0 Å². The predicted molar refractivity (Wildman–Crippen MR) is 12.9 cm³/mol. The van der Waals surface area contributed by atoms with E-state index >= 15 is 0 Å². The lowest BCUT2D eigenvalue weighted by Crippen LogP contribution is -1.98. The maximum Gasteiger partial charge on any atom is 0.263 e. The fraction of sp³-hybridized carbons (Fsp3) is 1.00. The topological polar surface area (TPSA) is 60.7 Å². The molecule has 0 amide bonds. The Kier molecular flexibility index (Phi) is 6.74. The van der Waals surface area contributed by atoms with E-state index < -0.39 is 6.48 Å². The van der Waals surface area contributed by atoms with Crippen LogP contribution in [0, 0.1) is 0 Å². The highest BCUT2D eigenvalue weighted by Gasteiger charge is 1.72. The van der Waals surface area contributed by atoms with Gasteiger partial charge < -0.3 is 15.3 Å². The average molecular weight is 84.0 g/mol. The van der Waals surface area contributed by atoms with Crippen molar-refractivity contribution in [2.24, 2.45) is 0 Å². The summed E-state index contributed by atoms with van der Waals surface area (Å²) in [6.45, 7) is -2.17. The van der Waals surface area contributed by atoms with E-state index in [0.29, 0.717) is 0 Å². The average Bonchev–Trinajstić information content (AvgIpc) is 0.811. The molecule has 0 fully saturated rings. The van der Waals surface area contributed by atoms with Crippen LogP contribution < -0.4 is 0 Å². The van der Waals surface area contributed by atoms with Crippen LogP contribution >= 0.6 is 0 Å². The van der Waals surface area contributed by atoms with Crippen molar-refractivity contribution in [2.75, 3.05) is 0 Å². The van der Waals surface area contributed by atoms with Crippen LogP contribution in [0.2, 0.25) is 0 Å². The Hall–Kier alpha value is -0.190. The monoisotopic (exact) mass is 84.0 g/mol. The molecule has 0 atom stereocenters. The van der Waals surface area contributed by atoms with Gasteiger partial charge in [0.25, 0.3) is 6.48 Å². The molecule has 5 heavy (non-hydrogen) atoms. The van der Waals surface area contributed by atoms with Gasteiger partial charge in [0.2, 0.25) is 0 Å². The number of aliphatic hydroxyl groups is 3. The van der Waals surface area contributed by atoms with Gasteiger partial charge in [0.1, 0.15) is 0 Å². The summed E-state index contributed by atoms with van der Waals surface area (Å²) in [4.78, 5) is 0. The van der Waals surface area contributed by atoms with Gasteiger partial charge in [-0.15, -0.1) is 0 Å². The molecule has 0 heterocycles. The first-order chi connectivity index (χ1) is 1.73. The third-order valence-electron chi connectivity index (χ3n) is 0. The van der Waals surface area contributed by atoms with Crippen molar-refractivity contribution in [3.8, 4) is 0 Å². The molecule has 0 saturated carbocycles. The molecule has 0 saturated heterocycles. The lowest BCUT2D eigenvalue weighted by atomic mass is 11.4. The zero-order valence-corrected chi connectivity index (χ0v) is 2.33.